The van der Waals surface area contributed by atoms with E-state index in [1.807, 2.05) is 0 Å². The second kappa shape index (κ2) is 10.7. The molecule has 2 aromatic carbocycles. The number of rotatable bonds is 5. The van der Waals surface area contributed by atoms with E-state index in [-0.39, 0.29) is 30.8 Å². The number of halogens is 7. The molecule has 2 heterocycles. The highest BCUT2D eigenvalue weighted by Crippen LogP contribution is 2.35. The number of carbonyl (C=O) groups excluding carboxylic acids is 2. The van der Waals surface area contributed by atoms with E-state index in [1.54, 1.807) is 0 Å². The molecule has 1 aromatic heterocycles. The maximum Gasteiger partial charge on any atom is 0.434 e. The van der Waals surface area contributed by atoms with E-state index in [9.17, 15) is 35.9 Å². The van der Waals surface area contributed by atoms with Gasteiger partial charge < -0.3 is 10.2 Å². The molecule has 202 valence electrons. The number of hydrogen-bond donors (Lipinski definition) is 1. The van der Waals surface area contributed by atoms with Crippen LogP contribution in [0.25, 0.3) is 5.69 Å². The van der Waals surface area contributed by atoms with Crippen molar-refractivity contribution in [2.24, 2.45) is 0 Å². The van der Waals surface area contributed by atoms with Gasteiger partial charge in [-0.15, -0.1) is 0 Å². The summed E-state index contributed by atoms with van der Waals surface area (Å²) < 4.78 is 81.8. The summed E-state index contributed by atoms with van der Waals surface area (Å²) in [7, 11) is 0. The fourth-order valence-corrected chi connectivity index (χ4v) is 4.45. The molecule has 1 atom stereocenters. The minimum absolute atomic E-state index is 0.0316. The Morgan fingerprint density at radius 3 is 2.37 bits per heavy atom. The van der Waals surface area contributed by atoms with E-state index < -0.39 is 47.0 Å². The van der Waals surface area contributed by atoms with Crippen LogP contribution < -0.4 is 5.32 Å². The number of benzene rings is 2. The van der Waals surface area contributed by atoms with Crippen molar-refractivity contribution < 1.29 is 35.9 Å². The number of nitrogens with zero attached hydrogens (tertiary/aromatic N) is 3. The molecule has 4 rings (SSSR count). The van der Waals surface area contributed by atoms with Gasteiger partial charge in [-0.05, 0) is 61.2 Å². The summed E-state index contributed by atoms with van der Waals surface area (Å²) in [6, 6.07) is 8.72. The van der Waals surface area contributed by atoms with Gasteiger partial charge in [0, 0.05) is 18.1 Å². The first kappa shape index (κ1) is 27.5. The number of alkyl halides is 6. The van der Waals surface area contributed by atoms with Gasteiger partial charge in [-0.2, -0.15) is 31.4 Å². The molecule has 2 amide bonds. The van der Waals surface area contributed by atoms with Crippen molar-refractivity contribution in [2.75, 3.05) is 6.54 Å². The molecule has 38 heavy (non-hydrogen) atoms. The number of nitrogens with one attached hydrogen (secondary N) is 1. The first-order chi connectivity index (χ1) is 17.9. The van der Waals surface area contributed by atoms with Crippen LogP contribution in [-0.2, 0) is 23.7 Å². The summed E-state index contributed by atoms with van der Waals surface area (Å²) in [5.74, 6) is -1.69. The van der Waals surface area contributed by atoms with Gasteiger partial charge in [-0.1, -0.05) is 23.7 Å². The van der Waals surface area contributed by atoms with Crippen LogP contribution in [0.4, 0.5) is 26.3 Å². The van der Waals surface area contributed by atoms with Gasteiger partial charge in [0.05, 0.1) is 23.0 Å². The van der Waals surface area contributed by atoms with Crippen molar-refractivity contribution in [2.45, 2.75) is 44.2 Å². The van der Waals surface area contributed by atoms with Crippen molar-refractivity contribution >= 4 is 23.4 Å². The quantitative estimate of drug-likeness (QED) is 0.398. The summed E-state index contributed by atoms with van der Waals surface area (Å²) in [5.41, 5.74) is -2.67. The van der Waals surface area contributed by atoms with Crippen LogP contribution in [0.5, 0.6) is 0 Å². The average molecular weight is 559 g/mol. The highest BCUT2D eigenvalue weighted by molar-refractivity contribution is 6.30. The molecule has 1 fully saturated rings. The Balaban J connectivity index is 1.57. The molecule has 1 unspecified atom stereocenters. The van der Waals surface area contributed by atoms with Crippen molar-refractivity contribution in [3.8, 4) is 5.69 Å². The maximum atomic E-state index is 14.1. The van der Waals surface area contributed by atoms with Crippen LogP contribution in [0.15, 0.2) is 54.7 Å². The Bertz CT molecular complexity index is 1320. The lowest BCUT2D eigenvalue weighted by Gasteiger charge is -2.34. The number of aromatic nitrogens is 2. The van der Waals surface area contributed by atoms with Crippen LogP contribution in [0.2, 0.25) is 5.02 Å². The molecule has 13 heteroatoms. The summed E-state index contributed by atoms with van der Waals surface area (Å²) in [4.78, 5) is 27.4. The minimum atomic E-state index is -4.95. The fourth-order valence-electron chi connectivity index (χ4n) is 4.32. The second-order valence-corrected chi connectivity index (χ2v) is 9.16. The molecule has 1 N–H and O–H groups in total. The Morgan fingerprint density at radius 1 is 1.00 bits per heavy atom. The molecule has 0 radical (unpaired) electrons. The molecule has 6 nitrogen and oxygen atoms in total. The normalized spacial score (nSPS) is 16.4. The largest absolute Gasteiger partial charge is 0.434 e. The fraction of sp³-hybridized carbons (Fsp3) is 0.320. The smallest absolute Gasteiger partial charge is 0.350 e. The predicted molar refractivity (Wildman–Crippen MR) is 126 cm³/mol. The lowest BCUT2D eigenvalue weighted by Crippen LogP contribution is -2.52. The first-order valence-corrected chi connectivity index (χ1v) is 11.9. The first-order valence-electron chi connectivity index (χ1n) is 11.5. The number of carbonyl (C=O) groups is 2. The summed E-state index contributed by atoms with van der Waals surface area (Å²) in [6.07, 6.45) is -7.49. The molecule has 1 aliphatic rings. The lowest BCUT2D eigenvalue weighted by molar-refractivity contribution is -0.143. The van der Waals surface area contributed by atoms with Crippen LogP contribution >= 0.6 is 11.6 Å². The van der Waals surface area contributed by atoms with Crippen molar-refractivity contribution in [3.63, 3.8) is 0 Å². The number of piperidine rings is 1. The van der Waals surface area contributed by atoms with Gasteiger partial charge >= 0.3 is 12.4 Å². The van der Waals surface area contributed by atoms with Crippen molar-refractivity contribution in [3.05, 3.63) is 82.1 Å². The minimum Gasteiger partial charge on any atom is -0.350 e. The molecular weight excluding hydrogens is 538 g/mol. The third-order valence-corrected chi connectivity index (χ3v) is 6.38. The Hall–Kier alpha value is -3.54. The van der Waals surface area contributed by atoms with E-state index in [0.717, 1.165) is 23.2 Å². The van der Waals surface area contributed by atoms with Gasteiger partial charge in [0.2, 0.25) is 5.91 Å². The van der Waals surface area contributed by atoms with Gasteiger partial charge in [0.1, 0.15) is 6.04 Å². The van der Waals surface area contributed by atoms with Gasteiger partial charge in [0.15, 0.2) is 5.69 Å². The molecule has 0 aliphatic carbocycles. The van der Waals surface area contributed by atoms with Gasteiger partial charge in [-0.25, -0.2) is 4.68 Å². The van der Waals surface area contributed by atoms with Crippen LogP contribution in [0.3, 0.4) is 0 Å². The number of likely N-dealkylation sites (tertiary alicyclic amines) is 1. The molecular formula is C25H21ClF6N4O2. The number of hydrogen-bond acceptors (Lipinski definition) is 3. The standard InChI is InChI=1S/C25H21ClF6N4O2/c26-17-7-9-18(10-8-17)36-21(25(30,31)32)19(14-34-36)23(38)35-11-2-1-6-20(35)22(37)33-13-15-4-3-5-16(12-15)24(27,28)29/h3-5,7-10,12,14,20H,1-2,6,11,13H2,(H,33,37). The van der Waals surface area contributed by atoms with E-state index in [0.29, 0.717) is 22.5 Å². The Kier molecular flexibility index (Phi) is 7.73. The summed E-state index contributed by atoms with van der Waals surface area (Å²) in [5, 5.41) is 6.60. The SMILES string of the molecule is O=C(NCc1cccc(C(F)(F)F)c1)C1CCCCN1C(=O)c1cnn(-c2ccc(Cl)cc2)c1C(F)(F)F. The summed E-state index contributed by atoms with van der Waals surface area (Å²) >= 11 is 5.82. The van der Waals surface area contributed by atoms with E-state index in [1.165, 1.54) is 36.4 Å². The predicted octanol–water partition coefficient (Wildman–Crippen LogP) is 5.87. The zero-order valence-electron chi connectivity index (χ0n) is 19.6. The molecule has 1 saturated heterocycles. The van der Waals surface area contributed by atoms with E-state index >= 15 is 0 Å². The van der Waals surface area contributed by atoms with Crippen molar-refractivity contribution in [1.29, 1.82) is 0 Å². The third kappa shape index (κ3) is 5.95. The van der Waals surface area contributed by atoms with E-state index in [4.69, 9.17) is 11.6 Å². The molecule has 0 spiro atoms. The zero-order valence-corrected chi connectivity index (χ0v) is 20.4. The summed E-state index contributed by atoms with van der Waals surface area (Å²) in [6.45, 7) is -0.215. The molecule has 3 aromatic rings. The molecule has 1 aliphatic heterocycles. The van der Waals surface area contributed by atoms with Gasteiger partial charge in [0.25, 0.3) is 5.91 Å². The Labute approximate surface area is 218 Å². The van der Waals surface area contributed by atoms with Crippen LogP contribution in [0, 0.1) is 0 Å². The topological polar surface area (TPSA) is 67.2 Å². The molecule has 0 saturated carbocycles. The second-order valence-electron chi connectivity index (χ2n) is 8.72. The van der Waals surface area contributed by atoms with Crippen LogP contribution in [0.1, 0.15) is 46.4 Å². The zero-order chi connectivity index (χ0) is 27.7. The lowest BCUT2D eigenvalue weighted by atomic mass is 9.99. The number of amides is 2. The highest BCUT2D eigenvalue weighted by Gasteiger charge is 2.43. The van der Waals surface area contributed by atoms with Crippen LogP contribution in [-0.4, -0.2) is 39.1 Å². The van der Waals surface area contributed by atoms with E-state index in [2.05, 4.69) is 10.4 Å². The Morgan fingerprint density at radius 2 is 1.71 bits per heavy atom. The average Bonchev–Trinajstić information content (AvgIpc) is 3.33. The molecule has 0 bridgehead atoms. The third-order valence-electron chi connectivity index (χ3n) is 6.13. The highest BCUT2D eigenvalue weighted by atomic mass is 35.5. The van der Waals surface area contributed by atoms with Gasteiger partial charge in [-0.3, -0.25) is 9.59 Å². The maximum absolute atomic E-state index is 14.1. The van der Waals surface area contributed by atoms with Crippen molar-refractivity contribution in [1.82, 2.24) is 20.0 Å². The monoisotopic (exact) mass is 558 g/mol.